The molecule has 4 nitrogen and oxygen atoms in total. The van der Waals surface area contributed by atoms with Crippen LogP contribution in [0.4, 0.5) is 13.9 Å². The Kier molecular flexibility index (Phi) is 4.75. The second-order valence-electron chi connectivity index (χ2n) is 7.15. The maximum atomic E-state index is 13.3. The zero-order valence-corrected chi connectivity index (χ0v) is 15.1. The average molecular weight is 378 g/mol. The first-order chi connectivity index (χ1) is 12.5. The van der Waals surface area contributed by atoms with Crippen molar-refractivity contribution in [3.63, 3.8) is 0 Å². The molecule has 2 aromatic rings. The molecule has 26 heavy (non-hydrogen) atoms. The molecule has 2 aliphatic rings. The van der Waals surface area contributed by atoms with Crippen molar-refractivity contribution in [2.45, 2.75) is 38.5 Å². The van der Waals surface area contributed by atoms with Crippen LogP contribution in [-0.4, -0.2) is 24.1 Å². The van der Waals surface area contributed by atoms with Gasteiger partial charge in [0.1, 0.15) is 0 Å². The van der Waals surface area contributed by atoms with Gasteiger partial charge in [0.05, 0.1) is 12.1 Å². The SMILES string of the molecule is O=C(Cc1ccc(F)c(F)c1)Nc1nc2c(s1)CC1(CCOCC1)CC2. The van der Waals surface area contributed by atoms with Gasteiger partial charge in [-0.2, -0.15) is 0 Å². The number of thiazole rings is 1. The first-order valence-electron chi connectivity index (χ1n) is 8.83. The molecule has 138 valence electrons. The molecule has 0 saturated carbocycles. The minimum absolute atomic E-state index is 0.0112. The number of benzene rings is 1. The summed E-state index contributed by atoms with van der Waals surface area (Å²) in [6.07, 6.45) is 5.22. The molecule has 2 heterocycles. The summed E-state index contributed by atoms with van der Waals surface area (Å²) in [6, 6.07) is 3.50. The highest BCUT2D eigenvalue weighted by atomic mass is 32.1. The van der Waals surface area contributed by atoms with Gasteiger partial charge in [-0.15, -0.1) is 11.3 Å². The van der Waals surface area contributed by atoms with Crippen LogP contribution >= 0.6 is 11.3 Å². The van der Waals surface area contributed by atoms with E-state index in [9.17, 15) is 13.6 Å². The third kappa shape index (κ3) is 3.64. The van der Waals surface area contributed by atoms with E-state index < -0.39 is 11.6 Å². The number of aromatic nitrogens is 1. The number of halogens is 2. The molecular formula is C19H20F2N2O2S. The summed E-state index contributed by atoms with van der Waals surface area (Å²) >= 11 is 1.53. The number of anilines is 1. The number of hydrogen-bond acceptors (Lipinski definition) is 4. The number of rotatable bonds is 3. The first-order valence-corrected chi connectivity index (χ1v) is 9.65. The number of amides is 1. The highest BCUT2D eigenvalue weighted by molar-refractivity contribution is 7.15. The van der Waals surface area contributed by atoms with Gasteiger partial charge in [-0.05, 0) is 55.2 Å². The number of fused-ring (bicyclic) bond motifs is 1. The Morgan fingerprint density at radius 1 is 1.23 bits per heavy atom. The molecule has 1 aromatic carbocycles. The lowest BCUT2D eigenvalue weighted by atomic mass is 9.70. The van der Waals surface area contributed by atoms with Crippen LogP contribution in [0, 0.1) is 17.0 Å². The van der Waals surface area contributed by atoms with Gasteiger partial charge >= 0.3 is 0 Å². The van der Waals surface area contributed by atoms with Crippen molar-refractivity contribution in [3.05, 3.63) is 46.0 Å². The van der Waals surface area contributed by atoms with Gasteiger partial charge in [0.2, 0.25) is 5.91 Å². The van der Waals surface area contributed by atoms with Gasteiger partial charge in [0, 0.05) is 18.1 Å². The monoisotopic (exact) mass is 378 g/mol. The molecule has 1 fully saturated rings. The summed E-state index contributed by atoms with van der Waals surface area (Å²) in [5, 5.41) is 3.39. The summed E-state index contributed by atoms with van der Waals surface area (Å²) in [7, 11) is 0. The Morgan fingerprint density at radius 3 is 2.81 bits per heavy atom. The fourth-order valence-corrected chi connectivity index (χ4v) is 5.01. The molecule has 0 atom stereocenters. The largest absolute Gasteiger partial charge is 0.381 e. The molecule has 0 unspecified atom stereocenters. The Bertz CT molecular complexity index is 831. The van der Waals surface area contributed by atoms with Crippen LogP contribution < -0.4 is 5.32 Å². The molecule has 1 aromatic heterocycles. The highest BCUT2D eigenvalue weighted by Crippen LogP contribution is 2.45. The van der Waals surface area contributed by atoms with Gasteiger partial charge in [0.25, 0.3) is 0 Å². The average Bonchev–Trinajstić information content (AvgIpc) is 2.99. The van der Waals surface area contributed by atoms with Crippen LogP contribution in [-0.2, 0) is 28.8 Å². The normalized spacial score (nSPS) is 18.5. The van der Waals surface area contributed by atoms with Crippen LogP contribution in [0.5, 0.6) is 0 Å². The van der Waals surface area contributed by atoms with Crippen molar-refractivity contribution in [2.75, 3.05) is 18.5 Å². The molecule has 1 aliphatic heterocycles. The van der Waals surface area contributed by atoms with Crippen molar-refractivity contribution >= 4 is 22.4 Å². The molecule has 7 heteroatoms. The third-order valence-electron chi connectivity index (χ3n) is 5.35. The molecule has 1 spiro atoms. The predicted octanol–water partition coefficient (Wildman–Crippen LogP) is 3.89. The van der Waals surface area contributed by atoms with E-state index in [1.807, 2.05) is 0 Å². The van der Waals surface area contributed by atoms with E-state index in [1.165, 1.54) is 22.3 Å². The van der Waals surface area contributed by atoms with E-state index in [-0.39, 0.29) is 12.3 Å². The van der Waals surface area contributed by atoms with Crippen molar-refractivity contribution < 1.29 is 18.3 Å². The Labute approximate surface area is 154 Å². The van der Waals surface area contributed by atoms with E-state index in [4.69, 9.17) is 4.74 Å². The Morgan fingerprint density at radius 2 is 2.04 bits per heavy atom. The quantitative estimate of drug-likeness (QED) is 0.882. The number of carbonyl (C=O) groups is 1. The number of nitrogens with one attached hydrogen (secondary N) is 1. The molecular weight excluding hydrogens is 358 g/mol. The number of nitrogens with zero attached hydrogens (tertiary/aromatic N) is 1. The van der Waals surface area contributed by atoms with Gasteiger partial charge in [-0.3, -0.25) is 4.79 Å². The molecule has 4 rings (SSSR count). The zero-order chi connectivity index (χ0) is 18.1. The Balaban J connectivity index is 1.41. The van der Waals surface area contributed by atoms with Crippen molar-refractivity contribution in [1.82, 2.24) is 4.98 Å². The molecule has 1 amide bonds. The summed E-state index contributed by atoms with van der Waals surface area (Å²) in [6.45, 7) is 1.65. The minimum atomic E-state index is -0.943. The second kappa shape index (κ2) is 7.04. The summed E-state index contributed by atoms with van der Waals surface area (Å²) < 4.78 is 31.7. The minimum Gasteiger partial charge on any atom is -0.381 e. The molecule has 0 radical (unpaired) electrons. The van der Waals surface area contributed by atoms with E-state index in [2.05, 4.69) is 10.3 Å². The third-order valence-corrected chi connectivity index (χ3v) is 6.37. The van der Waals surface area contributed by atoms with Crippen LogP contribution in [0.2, 0.25) is 0 Å². The molecule has 1 saturated heterocycles. The van der Waals surface area contributed by atoms with Crippen LogP contribution in [0.3, 0.4) is 0 Å². The molecule has 1 aliphatic carbocycles. The zero-order valence-electron chi connectivity index (χ0n) is 14.3. The first kappa shape index (κ1) is 17.5. The van der Waals surface area contributed by atoms with E-state index in [1.54, 1.807) is 0 Å². The van der Waals surface area contributed by atoms with Gasteiger partial charge in [-0.1, -0.05) is 6.07 Å². The van der Waals surface area contributed by atoms with E-state index in [0.29, 0.717) is 16.1 Å². The smallest absolute Gasteiger partial charge is 0.230 e. The maximum absolute atomic E-state index is 13.3. The number of hydrogen-bond donors (Lipinski definition) is 1. The topological polar surface area (TPSA) is 51.2 Å². The van der Waals surface area contributed by atoms with Crippen molar-refractivity contribution in [2.24, 2.45) is 5.41 Å². The lowest BCUT2D eigenvalue weighted by molar-refractivity contribution is -0.115. The van der Waals surface area contributed by atoms with E-state index >= 15 is 0 Å². The number of carbonyl (C=O) groups excluding carboxylic acids is 1. The fraction of sp³-hybridized carbons (Fsp3) is 0.474. The number of aryl methyl sites for hydroxylation is 1. The van der Waals surface area contributed by atoms with Crippen LogP contribution in [0.15, 0.2) is 18.2 Å². The van der Waals surface area contributed by atoms with Crippen LogP contribution in [0.25, 0.3) is 0 Å². The fourth-order valence-electron chi connectivity index (χ4n) is 3.81. The van der Waals surface area contributed by atoms with Gasteiger partial charge in [-0.25, -0.2) is 13.8 Å². The summed E-state index contributed by atoms with van der Waals surface area (Å²) in [5.41, 5.74) is 1.84. The van der Waals surface area contributed by atoms with Crippen molar-refractivity contribution in [1.29, 1.82) is 0 Å². The van der Waals surface area contributed by atoms with Crippen LogP contribution in [0.1, 0.15) is 35.4 Å². The standard InChI is InChI=1S/C19H20F2N2O2S/c20-13-2-1-12(9-14(13)21)10-17(24)23-18-22-15-3-4-19(11-16(15)26-18)5-7-25-8-6-19/h1-2,9H,3-8,10-11H2,(H,22,23,24). The maximum Gasteiger partial charge on any atom is 0.230 e. The highest BCUT2D eigenvalue weighted by Gasteiger charge is 2.37. The molecule has 1 N–H and O–H groups in total. The summed E-state index contributed by atoms with van der Waals surface area (Å²) in [5.74, 6) is -2.13. The summed E-state index contributed by atoms with van der Waals surface area (Å²) in [4.78, 5) is 18.0. The number of ether oxygens (including phenoxy) is 1. The lowest BCUT2D eigenvalue weighted by Gasteiger charge is -2.39. The van der Waals surface area contributed by atoms with Gasteiger partial charge in [0.15, 0.2) is 16.8 Å². The van der Waals surface area contributed by atoms with Crippen molar-refractivity contribution in [3.8, 4) is 0 Å². The Hall–Kier alpha value is -1.86. The predicted molar refractivity (Wildman–Crippen MR) is 95.3 cm³/mol. The second-order valence-corrected chi connectivity index (χ2v) is 8.24. The van der Waals surface area contributed by atoms with E-state index in [0.717, 1.165) is 63.1 Å². The molecule has 0 bridgehead atoms. The lowest BCUT2D eigenvalue weighted by Crippen LogP contribution is -2.34. The van der Waals surface area contributed by atoms with Gasteiger partial charge < -0.3 is 10.1 Å².